The van der Waals surface area contributed by atoms with Crippen LogP contribution in [0.4, 0.5) is 31.7 Å². The number of anilines is 4. The number of aromatic nitrogens is 7. The molecule has 5 saturated heterocycles. The zero-order chi connectivity index (χ0) is 47.9. The number of likely N-dealkylation sites (N-methyl/N-ethyl adjacent to an activating group) is 1. The van der Waals surface area contributed by atoms with Gasteiger partial charge in [-0.3, -0.25) is 24.6 Å². The summed E-state index contributed by atoms with van der Waals surface area (Å²) in [5.74, 6) is 0.274. The number of rotatable bonds is 11. The van der Waals surface area contributed by atoms with Crippen LogP contribution in [-0.2, 0) is 19.9 Å². The Morgan fingerprint density at radius 1 is 0.928 bits per heavy atom. The summed E-state index contributed by atoms with van der Waals surface area (Å²) < 4.78 is 38.8. The molecule has 1 unspecified atom stereocenters. The van der Waals surface area contributed by atoms with E-state index in [-0.39, 0.29) is 58.9 Å². The fourth-order valence-corrected chi connectivity index (χ4v) is 11.1. The Hall–Kier alpha value is -6.35. The second-order valence-corrected chi connectivity index (χ2v) is 21.0. The van der Waals surface area contributed by atoms with Gasteiger partial charge in [0, 0.05) is 108 Å². The van der Waals surface area contributed by atoms with Gasteiger partial charge in [-0.1, -0.05) is 5.16 Å². The van der Waals surface area contributed by atoms with Crippen molar-refractivity contribution >= 4 is 51.6 Å². The van der Waals surface area contributed by atoms with Gasteiger partial charge in [-0.2, -0.15) is 5.10 Å². The van der Waals surface area contributed by atoms with Crippen molar-refractivity contribution in [1.29, 1.82) is 0 Å². The number of carbonyl (C=O) groups excluding carboxylic acids is 3. The highest BCUT2D eigenvalue weighted by Crippen LogP contribution is 2.49. The highest BCUT2D eigenvalue weighted by Gasteiger charge is 2.55. The monoisotopic (exact) mass is 947 g/mol. The van der Waals surface area contributed by atoms with E-state index in [4.69, 9.17) is 25.3 Å². The quantitative estimate of drug-likeness (QED) is 0.160. The summed E-state index contributed by atoms with van der Waals surface area (Å²) in [6.45, 7) is 13.3. The summed E-state index contributed by atoms with van der Waals surface area (Å²) in [5.41, 5.74) is 9.57. The number of halogens is 2. The number of carbonyl (C=O) groups is 3. The number of nitrogens with two attached hydrogens (primary N) is 1. The number of fused-ring (bicyclic) bond motifs is 1. The third-order valence-corrected chi connectivity index (χ3v) is 15.3. The SMILES string of the molecule is CN(c1cc(F)c(N2CCN(CC3CCN(C(=O)C[C@@H]4NCC45CN(c4cnc(-c6c(-c7nn(C(C)(C)C)c8ncnc(N)c78)noc6C6CC6)nc4)C5)CC3)CC2)c(F)c1)C1CCC(=O)NC1=O. The molecule has 364 valence electrons. The molecule has 9 heterocycles. The van der Waals surface area contributed by atoms with Crippen molar-refractivity contribution in [1.82, 2.24) is 55.3 Å². The lowest BCUT2D eigenvalue weighted by Gasteiger charge is -2.61. The predicted molar refractivity (Wildman–Crippen MR) is 253 cm³/mol. The number of benzene rings is 1. The number of nitrogens with one attached hydrogen (secondary N) is 2. The lowest BCUT2D eigenvalue weighted by atomic mass is 9.66. The van der Waals surface area contributed by atoms with Crippen LogP contribution in [0.2, 0.25) is 0 Å². The first-order chi connectivity index (χ1) is 33.1. The molecule has 1 aromatic carbocycles. The van der Waals surface area contributed by atoms with Gasteiger partial charge in [-0.25, -0.2) is 33.4 Å². The number of piperazine rings is 1. The second kappa shape index (κ2) is 17.3. The normalized spacial score (nSPS) is 22.3. The summed E-state index contributed by atoms with van der Waals surface area (Å²) in [6, 6.07) is 1.96. The van der Waals surface area contributed by atoms with Crippen LogP contribution >= 0.6 is 0 Å². The third kappa shape index (κ3) is 8.29. The van der Waals surface area contributed by atoms with Crippen molar-refractivity contribution in [2.75, 3.05) is 92.9 Å². The Morgan fingerprint density at radius 3 is 2.28 bits per heavy atom. The Bertz CT molecular complexity index is 2780. The molecular formula is C48H59F2N15O4. The maximum absolute atomic E-state index is 15.5. The highest BCUT2D eigenvalue weighted by molar-refractivity contribution is 6.02. The van der Waals surface area contributed by atoms with Gasteiger partial charge in [0.2, 0.25) is 17.7 Å². The van der Waals surface area contributed by atoms with E-state index in [1.165, 1.54) is 23.4 Å². The Kier molecular flexibility index (Phi) is 11.3. The van der Waals surface area contributed by atoms with Crippen molar-refractivity contribution in [3.63, 3.8) is 0 Å². The number of piperidine rings is 2. The van der Waals surface area contributed by atoms with E-state index in [2.05, 4.69) is 56.3 Å². The number of hydrogen-bond donors (Lipinski definition) is 3. The first-order valence-corrected chi connectivity index (χ1v) is 24.2. The first-order valence-electron chi connectivity index (χ1n) is 24.2. The molecule has 21 heteroatoms. The van der Waals surface area contributed by atoms with Crippen LogP contribution in [0, 0.1) is 23.0 Å². The van der Waals surface area contributed by atoms with Crippen molar-refractivity contribution in [3.05, 3.63) is 48.2 Å². The van der Waals surface area contributed by atoms with Crippen molar-refractivity contribution < 1.29 is 27.7 Å². The molecule has 5 aromatic rings. The van der Waals surface area contributed by atoms with Crippen molar-refractivity contribution in [3.8, 4) is 22.8 Å². The van der Waals surface area contributed by atoms with Crippen LogP contribution in [0.5, 0.6) is 0 Å². The molecule has 11 rings (SSSR count). The van der Waals surface area contributed by atoms with Gasteiger partial charge in [0.05, 0.1) is 34.6 Å². The number of nitrogens with zero attached hydrogens (tertiary/aromatic N) is 12. The summed E-state index contributed by atoms with van der Waals surface area (Å²) >= 11 is 0. The molecule has 2 atom stereocenters. The molecule has 4 N–H and O–H groups in total. The average Bonchev–Trinajstić information content (AvgIpc) is 3.92. The number of hydrogen-bond acceptors (Lipinski definition) is 16. The van der Waals surface area contributed by atoms with E-state index in [1.807, 2.05) is 22.0 Å². The van der Waals surface area contributed by atoms with Crippen LogP contribution in [0.1, 0.15) is 77.4 Å². The van der Waals surface area contributed by atoms with Crippen LogP contribution in [0.25, 0.3) is 33.8 Å². The molecule has 0 radical (unpaired) electrons. The summed E-state index contributed by atoms with van der Waals surface area (Å²) in [7, 11) is 1.61. The molecule has 1 aliphatic carbocycles. The highest BCUT2D eigenvalue weighted by atomic mass is 19.1. The molecule has 6 fully saturated rings. The zero-order valence-electron chi connectivity index (χ0n) is 39.5. The van der Waals surface area contributed by atoms with E-state index < -0.39 is 23.6 Å². The van der Waals surface area contributed by atoms with E-state index in [1.54, 1.807) is 11.9 Å². The first kappa shape index (κ1) is 45.1. The lowest BCUT2D eigenvalue weighted by Crippen LogP contribution is -2.77. The van der Waals surface area contributed by atoms with Gasteiger partial charge in [0.15, 0.2) is 28.9 Å². The standard InChI is InChI=1S/C48H59F2N15O4/c1-47(2,3)65-45-38(43(51)55-26-56-45)39(58-65)40-37(42(69-59-40)28-5-6-28)44-52-20-30(21-53-44)64-24-48(25-64)23-54-34(48)19-36(67)62-11-9-27(10-12-62)22-61-13-15-63(16-14-61)41-31(49)17-29(18-32(41)50)60(4)33-7-8-35(66)57-46(33)68/h17-18,20-21,26-28,33-34,54H,5-16,19,22-25H2,1-4H3,(H2,51,55,56)(H,57,66,68)/t33?,34-/m0/s1. The summed E-state index contributed by atoms with van der Waals surface area (Å²) in [6.07, 6.45) is 9.92. The van der Waals surface area contributed by atoms with Gasteiger partial charge in [-0.05, 0) is 70.9 Å². The average molecular weight is 948 g/mol. The molecule has 6 aliphatic rings. The minimum absolute atomic E-state index is 0.0184. The topological polar surface area (TPSA) is 213 Å². The Morgan fingerprint density at radius 2 is 1.64 bits per heavy atom. The number of imide groups is 1. The number of nitrogen functional groups attached to an aromatic ring is 1. The van der Waals surface area contributed by atoms with Crippen LogP contribution < -0.4 is 31.1 Å². The van der Waals surface area contributed by atoms with Gasteiger partial charge in [0.25, 0.3) is 0 Å². The van der Waals surface area contributed by atoms with Gasteiger partial charge in [-0.15, -0.1) is 0 Å². The molecular weight excluding hydrogens is 889 g/mol. The molecule has 1 spiro atoms. The summed E-state index contributed by atoms with van der Waals surface area (Å²) in [4.78, 5) is 66.1. The van der Waals surface area contributed by atoms with Gasteiger partial charge >= 0.3 is 0 Å². The number of amides is 3. The second-order valence-electron chi connectivity index (χ2n) is 21.0. The molecule has 69 heavy (non-hydrogen) atoms. The third-order valence-electron chi connectivity index (χ3n) is 15.3. The van der Waals surface area contributed by atoms with Crippen LogP contribution in [0.3, 0.4) is 0 Å². The van der Waals surface area contributed by atoms with Crippen molar-refractivity contribution in [2.24, 2.45) is 11.3 Å². The zero-order valence-corrected chi connectivity index (χ0v) is 39.5. The van der Waals surface area contributed by atoms with Crippen molar-refractivity contribution in [2.45, 2.75) is 89.3 Å². The molecule has 1 saturated carbocycles. The lowest BCUT2D eigenvalue weighted by molar-refractivity contribution is -0.136. The molecule has 3 amide bonds. The molecule has 0 bridgehead atoms. The maximum Gasteiger partial charge on any atom is 0.249 e. The smallest absolute Gasteiger partial charge is 0.249 e. The molecule has 4 aromatic heterocycles. The Balaban J connectivity index is 0.659. The predicted octanol–water partition coefficient (Wildman–Crippen LogP) is 3.90. The van der Waals surface area contributed by atoms with E-state index in [0.29, 0.717) is 78.1 Å². The maximum atomic E-state index is 15.5. The van der Waals surface area contributed by atoms with Gasteiger partial charge < -0.3 is 35.2 Å². The fourth-order valence-electron chi connectivity index (χ4n) is 11.1. The van der Waals surface area contributed by atoms with Gasteiger partial charge in [0.1, 0.15) is 35.3 Å². The van der Waals surface area contributed by atoms with Crippen LogP contribution in [-0.4, -0.2) is 147 Å². The fraction of sp³-hybridized carbons (Fsp3) is 0.562. The van der Waals surface area contributed by atoms with E-state index >= 15 is 8.78 Å². The number of likely N-dealkylation sites (tertiary alicyclic amines) is 1. The minimum Gasteiger partial charge on any atom is -0.383 e. The molecule has 5 aliphatic heterocycles. The van der Waals surface area contributed by atoms with E-state index in [9.17, 15) is 14.4 Å². The van der Waals surface area contributed by atoms with E-state index in [0.717, 1.165) is 76.4 Å². The Labute approximate surface area is 398 Å². The summed E-state index contributed by atoms with van der Waals surface area (Å²) in [5, 5.41) is 16.0. The van der Waals surface area contributed by atoms with Crippen LogP contribution in [0.15, 0.2) is 35.4 Å². The largest absolute Gasteiger partial charge is 0.383 e. The minimum atomic E-state index is -0.678. The molecule has 19 nitrogen and oxygen atoms in total.